The topological polar surface area (TPSA) is 18.5 Å². The lowest BCUT2D eigenvalue weighted by Crippen LogP contribution is -2.51. The Kier molecular flexibility index (Phi) is 5.58. The lowest BCUT2D eigenvalue weighted by molar-refractivity contribution is 0.0931. The van der Waals surface area contributed by atoms with Gasteiger partial charge in [-0.2, -0.15) is 0 Å². The third-order valence-corrected chi connectivity index (χ3v) is 3.65. The highest BCUT2D eigenvalue weighted by Crippen LogP contribution is 2.12. The van der Waals surface area contributed by atoms with Gasteiger partial charge in [-0.15, -0.1) is 0 Å². The van der Waals surface area contributed by atoms with Crippen LogP contribution in [0.15, 0.2) is 0 Å². The second-order valence-electron chi connectivity index (χ2n) is 4.86. The normalized spacial score (nSPS) is 24.0. The summed E-state index contributed by atoms with van der Waals surface area (Å²) in [5.41, 5.74) is 0. The van der Waals surface area contributed by atoms with Gasteiger partial charge in [-0.3, -0.25) is 4.90 Å². The van der Waals surface area contributed by atoms with Crippen LogP contribution >= 0.6 is 0 Å². The van der Waals surface area contributed by atoms with Gasteiger partial charge in [0, 0.05) is 32.2 Å². The first-order valence-electron chi connectivity index (χ1n) is 6.28. The van der Waals surface area contributed by atoms with Crippen molar-refractivity contribution in [2.45, 2.75) is 26.8 Å². The average molecular weight is 213 g/mol. The van der Waals surface area contributed by atoms with Crippen LogP contribution in [0, 0.1) is 5.92 Å². The molecule has 1 saturated heterocycles. The van der Waals surface area contributed by atoms with Crippen LogP contribution in [0.4, 0.5) is 0 Å². The quantitative estimate of drug-likeness (QED) is 0.731. The minimum absolute atomic E-state index is 0.706. The lowest BCUT2D eigenvalue weighted by Gasteiger charge is -2.39. The highest BCUT2D eigenvalue weighted by atomic mass is 15.3. The smallest absolute Gasteiger partial charge is 0.0113 e. The zero-order chi connectivity index (χ0) is 11.3. The second-order valence-corrected chi connectivity index (χ2v) is 4.86. The molecule has 0 aromatic heterocycles. The summed E-state index contributed by atoms with van der Waals surface area (Å²) < 4.78 is 0. The van der Waals surface area contributed by atoms with Gasteiger partial charge in [0.25, 0.3) is 0 Å². The number of hydrogen-bond acceptors (Lipinski definition) is 3. The van der Waals surface area contributed by atoms with Crippen LogP contribution in [0.5, 0.6) is 0 Å². The third-order valence-electron chi connectivity index (χ3n) is 3.65. The molecule has 15 heavy (non-hydrogen) atoms. The van der Waals surface area contributed by atoms with Crippen molar-refractivity contribution < 1.29 is 0 Å². The Morgan fingerprint density at radius 3 is 2.27 bits per heavy atom. The first kappa shape index (κ1) is 12.9. The van der Waals surface area contributed by atoms with Crippen LogP contribution < -0.4 is 5.32 Å². The summed E-state index contributed by atoms with van der Waals surface area (Å²) in [5.74, 6) is 0.744. The van der Waals surface area contributed by atoms with Crippen LogP contribution in [-0.4, -0.2) is 62.2 Å². The molecule has 0 saturated carbocycles. The fourth-order valence-corrected chi connectivity index (χ4v) is 2.13. The summed E-state index contributed by atoms with van der Waals surface area (Å²) in [6.45, 7) is 14.0. The molecule has 0 bridgehead atoms. The van der Waals surface area contributed by atoms with Gasteiger partial charge in [0.1, 0.15) is 0 Å². The van der Waals surface area contributed by atoms with Crippen molar-refractivity contribution in [3.05, 3.63) is 0 Å². The van der Waals surface area contributed by atoms with E-state index in [2.05, 4.69) is 42.9 Å². The Labute approximate surface area is 94.8 Å². The molecular formula is C12H27N3. The molecule has 1 rings (SSSR count). The van der Waals surface area contributed by atoms with Gasteiger partial charge in [0.05, 0.1) is 0 Å². The third kappa shape index (κ3) is 4.09. The highest BCUT2D eigenvalue weighted by Gasteiger charge is 2.22. The Balaban J connectivity index is 2.29. The number of nitrogens with one attached hydrogen (secondary N) is 1. The summed E-state index contributed by atoms with van der Waals surface area (Å²) in [4.78, 5) is 5.04. The van der Waals surface area contributed by atoms with Crippen molar-refractivity contribution in [2.24, 2.45) is 5.92 Å². The van der Waals surface area contributed by atoms with E-state index in [1.807, 2.05) is 0 Å². The van der Waals surface area contributed by atoms with Gasteiger partial charge in [-0.25, -0.2) is 0 Å². The van der Waals surface area contributed by atoms with Crippen LogP contribution in [0.3, 0.4) is 0 Å². The van der Waals surface area contributed by atoms with Gasteiger partial charge in [0.15, 0.2) is 0 Å². The van der Waals surface area contributed by atoms with Gasteiger partial charge < -0.3 is 10.2 Å². The van der Waals surface area contributed by atoms with E-state index in [0.717, 1.165) is 19.0 Å². The van der Waals surface area contributed by atoms with Crippen molar-refractivity contribution in [3.63, 3.8) is 0 Å². The molecule has 90 valence electrons. The number of rotatable bonds is 5. The molecule has 0 aliphatic carbocycles. The minimum Gasteiger partial charge on any atom is -0.317 e. The maximum absolute atomic E-state index is 3.44. The molecule has 1 fully saturated rings. The maximum atomic E-state index is 3.44. The molecule has 3 heteroatoms. The highest BCUT2D eigenvalue weighted by molar-refractivity contribution is 4.78. The monoisotopic (exact) mass is 213 g/mol. The Morgan fingerprint density at radius 2 is 1.73 bits per heavy atom. The number of hydrogen-bond donors (Lipinski definition) is 1. The molecule has 2 atom stereocenters. The minimum atomic E-state index is 0.706. The summed E-state index contributed by atoms with van der Waals surface area (Å²) in [7, 11) is 2.21. The molecule has 0 aromatic carbocycles. The first-order chi connectivity index (χ1) is 7.15. The molecule has 0 radical (unpaired) electrons. The zero-order valence-corrected chi connectivity index (χ0v) is 10.8. The van der Waals surface area contributed by atoms with Crippen molar-refractivity contribution in [3.8, 4) is 0 Å². The summed E-state index contributed by atoms with van der Waals surface area (Å²) >= 11 is 0. The predicted molar refractivity (Wildman–Crippen MR) is 66.2 cm³/mol. The molecule has 1 aliphatic heterocycles. The largest absolute Gasteiger partial charge is 0.317 e. The molecule has 0 aromatic rings. The predicted octanol–water partition coefficient (Wildman–Crippen LogP) is 0.868. The molecule has 2 unspecified atom stereocenters. The summed E-state index contributed by atoms with van der Waals surface area (Å²) in [5, 5.41) is 3.44. The van der Waals surface area contributed by atoms with E-state index in [0.29, 0.717) is 6.04 Å². The van der Waals surface area contributed by atoms with E-state index in [9.17, 15) is 0 Å². The van der Waals surface area contributed by atoms with Gasteiger partial charge in [-0.1, -0.05) is 13.8 Å². The van der Waals surface area contributed by atoms with Gasteiger partial charge in [0.2, 0.25) is 0 Å². The maximum Gasteiger partial charge on any atom is 0.0113 e. The Morgan fingerprint density at radius 1 is 1.13 bits per heavy atom. The van der Waals surface area contributed by atoms with E-state index >= 15 is 0 Å². The Bertz CT molecular complexity index is 164. The molecule has 3 nitrogen and oxygen atoms in total. The van der Waals surface area contributed by atoms with E-state index in [1.54, 1.807) is 0 Å². The Hall–Kier alpha value is -0.120. The molecule has 0 amide bonds. The summed E-state index contributed by atoms with van der Waals surface area (Å²) in [6.07, 6.45) is 0. The van der Waals surface area contributed by atoms with E-state index < -0.39 is 0 Å². The van der Waals surface area contributed by atoms with E-state index in [4.69, 9.17) is 0 Å². The number of piperazine rings is 1. The van der Waals surface area contributed by atoms with Crippen LogP contribution in [0.25, 0.3) is 0 Å². The van der Waals surface area contributed by atoms with E-state index in [1.165, 1.54) is 26.2 Å². The molecule has 1 N–H and O–H groups in total. The lowest BCUT2D eigenvalue weighted by atomic mass is 10.0. The molecule has 1 heterocycles. The van der Waals surface area contributed by atoms with Crippen molar-refractivity contribution >= 4 is 0 Å². The standard InChI is InChI=1S/C12H27N3/c1-5-13-10-11(2)12(3)15-8-6-14(4)7-9-15/h11-13H,5-10H2,1-4H3. The number of nitrogens with zero attached hydrogens (tertiary/aromatic N) is 2. The van der Waals surface area contributed by atoms with Crippen molar-refractivity contribution in [2.75, 3.05) is 46.3 Å². The number of likely N-dealkylation sites (N-methyl/N-ethyl adjacent to an activating group) is 1. The van der Waals surface area contributed by atoms with Crippen molar-refractivity contribution in [1.29, 1.82) is 0 Å². The SMILES string of the molecule is CCNCC(C)C(C)N1CCN(C)CC1. The zero-order valence-electron chi connectivity index (χ0n) is 10.8. The van der Waals surface area contributed by atoms with Crippen molar-refractivity contribution in [1.82, 2.24) is 15.1 Å². The fourth-order valence-electron chi connectivity index (χ4n) is 2.13. The van der Waals surface area contributed by atoms with Crippen LogP contribution in [0.1, 0.15) is 20.8 Å². The molecule has 0 spiro atoms. The van der Waals surface area contributed by atoms with Gasteiger partial charge in [-0.05, 0) is 33.0 Å². The van der Waals surface area contributed by atoms with Crippen LogP contribution in [-0.2, 0) is 0 Å². The fraction of sp³-hybridized carbons (Fsp3) is 1.00. The van der Waals surface area contributed by atoms with Crippen LogP contribution in [0.2, 0.25) is 0 Å². The second kappa shape index (κ2) is 6.46. The molecular weight excluding hydrogens is 186 g/mol. The van der Waals surface area contributed by atoms with E-state index in [-0.39, 0.29) is 0 Å². The first-order valence-corrected chi connectivity index (χ1v) is 6.28. The molecule has 1 aliphatic rings. The summed E-state index contributed by atoms with van der Waals surface area (Å²) in [6, 6.07) is 0.706. The average Bonchev–Trinajstić information content (AvgIpc) is 2.26. The van der Waals surface area contributed by atoms with Gasteiger partial charge >= 0.3 is 0 Å².